The number of carbonyl (C=O) groups is 1. The fraction of sp³-hybridized carbons (Fsp3) is 0.450. The molecule has 2 saturated carbocycles. The molecule has 0 radical (unpaired) electrons. The van der Waals surface area contributed by atoms with Gasteiger partial charge in [0, 0.05) is 16.4 Å². The quantitative estimate of drug-likeness (QED) is 0.585. The van der Waals surface area contributed by atoms with Gasteiger partial charge in [-0.15, -0.1) is 0 Å². The number of sulfonamides is 1. The first-order valence-corrected chi connectivity index (χ1v) is 11.9. The molecule has 29 heavy (non-hydrogen) atoms. The molecule has 1 unspecified atom stereocenters. The zero-order chi connectivity index (χ0) is 20.8. The Balaban J connectivity index is 1.72. The van der Waals surface area contributed by atoms with Gasteiger partial charge >= 0.3 is 0 Å². The van der Waals surface area contributed by atoms with Crippen molar-refractivity contribution in [3.63, 3.8) is 0 Å². The molecule has 4 rings (SSSR count). The Hall–Kier alpha value is -1.84. The second-order valence-corrected chi connectivity index (χ2v) is 10.5. The van der Waals surface area contributed by atoms with Gasteiger partial charge in [-0.25, -0.2) is 13.6 Å². The Labute approximate surface area is 178 Å². The van der Waals surface area contributed by atoms with Crippen LogP contribution in [0.1, 0.15) is 54.2 Å². The molecule has 2 fully saturated rings. The van der Waals surface area contributed by atoms with E-state index in [-0.39, 0.29) is 38.0 Å². The molecule has 2 aliphatic rings. The SMILES string of the molecule is COc1cc(Br)c(S(N)(=O)=O)cc1C(=O)NC(c1ccc[nH]1)C12CCC(CC1)C2. The van der Waals surface area contributed by atoms with E-state index in [0.717, 1.165) is 30.9 Å². The molecule has 2 bridgehead atoms. The van der Waals surface area contributed by atoms with E-state index in [1.54, 1.807) is 0 Å². The van der Waals surface area contributed by atoms with E-state index in [0.29, 0.717) is 0 Å². The third kappa shape index (κ3) is 3.71. The highest BCUT2D eigenvalue weighted by molar-refractivity contribution is 9.10. The zero-order valence-corrected chi connectivity index (χ0v) is 18.5. The minimum atomic E-state index is -4.00. The van der Waals surface area contributed by atoms with Gasteiger partial charge in [-0.05, 0) is 83.6 Å². The number of fused-ring (bicyclic) bond motifs is 2. The van der Waals surface area contributed by atoms with Crippen LogP contribution < -0.4 is 15.2 Å². The van der Waals surface area contributed by atoms with Crippen molar-refractivity contribution in [1.82, 2.24) is 10.3 Å². The molecule has 1 aromatic heterocycles. The number of rotatable bonds is 6. The van der Waals surface area contributed by atoms with E-state index in [9.17, 15) is 13.2 Å². The maximum atomic E-state index is 13.3. The molecule has 0 aliphatic heterocycles. The number of methoxy groups -OCH3 is 1. The van der Waals surface area contributed by atoms with Crippen LogP contribution in [0.15, 0.2) is 39.8 Å². The first kappa shape index (κ1) is 20.4. The van der Waals surface area contributed by atoms with Crippen molar-refractivity contribution < 1.29 is 17.9 Å². The van der Waals surface area contributed by atoms with E-state index >= 15 is 0 Å². The number of H-pyrrole nitrogens is 1. The molecule has 1 heterocycles. The van der Waals surface area contributed by atoms with Gasteiger partial charge in [0.05, 0.1) is 23.6 Å². The summed E-state index contributed by atoms with van der Waals surface area (Å²) in [6.45, 7) is 0. The molecule has 0 spiro atoms. The summed E-state index contributed by atoms with van der Waals surface area (Å²) in [5.74, 6) is 0.615. The standard InChI is InChI=1S/C20H24BrN3O4S/c1-28-16-10-14(21)17(29(22,26)27)9-13(16)19(25)24-18(15-3-2-8-23-15)20-6-4-12(11-20)5-7-20/h2-3,8-10,12,18,23H,4-7,11H2,1H3,(H,24,25)(H2,22,26,27). The van der Waals surface area contributed by atoms with Gasteiger partial charge in [-0.3, -0.25) is 4.79 Å². The molecular weight excluding hydrogens is 458 g/mol. The maximum absolute atomic E-state index is 13.3. The third-order valence-corrected chi connectivity index (χ3v) is 8.29. The van der Waals surface area contributed by atoms with Crippen molar-refractivity contribution in [2.45, 2.75) is 43.0 Å². The van der Waals surface area contributed by atoms with Crippen LogP contribution in [-0.2, 0) is 10.0 Å². The van der Waals surface area contributed by atoms with Crippen molar-refractivity contribution in [2.75, 3.05) is 7.11 Å². The highest BCUT2D eigenvalue weighted by Crippen LogP contribution is 2.59. The number of primary sulfonamides is 1. The van der Waals surface area contributed by atoms with Gasteiger partial charge in [-0.2, -0.15) is 0 Å². The highest BCUT2D eigenvalue weighted by Gasteiger charge is 2.51. The first-order valence-electron chi connectivity index (χ1n) is 9.58. The summed E-state index contributed by atoms with van der Waals surface area (Å²) in [5.41, 5.74) is 1.13. The topological polar surface area (TPSA) is 114 Å². The second-order valence-electron chi connectivity index (χ2n) is 8.07. The van der Waals surface area contributed by atoms with Crippen molar-refractivity contribution in [3.05, 3.63) is 46.2 Å². The van der Waals surface area contributed by atoms with E-state index < -0.39 is 10.0 Å². The van der Waals surface area contributed by atoms with Crippen molar-refractivity contribution in [1.29, 1.82) is 0 Å². The number of aromatic nitrogens is 1. The van der Waals surface area contributed by atoms with Gasteiger partial charge in [0.15, 0.2) is 0 Å². The van der Waals surface area contributed by atoms with Gasteiger partial charge in [0.2, 0.25) is 10.0 Å². The number of benzene rings is 1. The number of carbonyl (C=O) groups excluding carboxylic acids is 1. The lowest BCUT2D eigenvalue weighted by molar-refractivity contribution is 0.0870. The summed E-state index contributed by atoms with van der Waals surface area (Å²) in [6.07, 6.45) is 7.46. The van der Waals surface area contributed by atoms with Crippen LogP contribution in [0.25, 0.3) is 0 Å². The number of hydrogen-bond donors (Lipinski definition) is 3. The lowest BCUT2D eigenvalue weighted by Crippen LogP contribution is -2.39. The first-order chi connectivity index (χ1) is 13.7. The lowest BCUT2D eigenvalue weighted by atomic mass is 9.76. The summed E-state index contributed by atoms with van der Waals surface area (Å²) in [6, 6.07) is 6.45. The third-order valence-electron chi connectivity index (χ3n) is 6.42. The van der Waals surface area contributed by atoms with Crippen LogP contribution >= 0.6 is 15.9 Å². The number of amides is 1. The summed E-state index contributed by atoms with van der Waals surface area (Å²) >= 11 is 3.19. The molecule has 7 nitrogen and oxygen atoms in total. The van der Waals surface area contributed by atoms with Gasteiger partial charge in [0.25, 0.3) is 5.91 Å². The van der Waals surface area contributed by atoms with E-state index in [1.165, 1.54) is 32.1 Å². The van der Waals surface area contributed by atoms with E-state index in [4.69, 9.17) is 9.88 Å². The molecule has 0 saturated heterocycles. The van der Waals surface area contributed by atoms with Gasteiger partial charge < -0.3 is 15.0 Å². The van der Waals surface area contributed by atoms with Crippen LogP contribution in [0, 0.1) is 11.3 Å². The molecule has 2 aromatic rings. The Morgan fingerprint density at radius 2 is 2.10 bits per heavy atom. The smallest absolute Gasteiger partial charge is 0.255 e. The summed E-state index contributed by atoms with van der Waals surface area (Å²) in [5, 5.41) is 8.48. The van der Waals surface area contributed by atoms with Crippen LogP contribution in [0.5, 0.6) is 5.75 Å². The molecule has 156 valence electrons. The van der Waals surface area contributed by atoms with Gasteiger partial charge in [-0.1, -0.05) is 0 Å². The number of ether oxygens (including phenoxy) is 1. The Kier molecular flexibility index (Phi) is 5.25. The Bertz CT molecular complexity index is 1030. The number of nitrogens with one attached hydrogen (secondary N) is 2. The second kappa shape index (κ2) is 7.45. The minimum absolute atomic E-state index is 0.0244. The number of aromatic amines is 1. The number of halogens is 1. The predicted molar refractivity (Wildman–Crippen MR) is 112 cm³/mol. The van der Waals surface area contributed by atoms with Crippen LogP contribution in [-0.4, -0.2) is 26.4 Å². The van der Waals surface area contributed by atoms with Crippen LogP contribution in [0.2, 0.25) is 0 Å². The molecule has 4 N–H and O–H groups in total. The lowest BCUT2D eigenvalue weighted by Gasteiger charge is -2.36. The Morgan fingerprint density at radius 1 is 1.38 bits per heavy atom. The monoisotopic (exact) mass is 481 g/mol. The molecule has 9 heteroatoms. The van der Waals surface area contributed by atoms with Crippen LogP contribution in [0.4, 0.5) is 0 Å². The number of nitrogens with two attached hydrogens (primary N) is 1. The maximum Gasteiger partial charge on any atom is 0.255 e. The van der Waals surface area contributed by atoms with Crippen molar-refractivity contribution >= 4 is 31.9 Å². The largest absolute Gasteiger partial charge is 0.496 e. The summed E-state index contributed by atoms with van der Waals surface area (Å²) in [7, 11) is -2.56. The average molecular weight is 482 g/mol. The fourth-order valence-electron chi connectivity index (χ4n) is 5.04. The normalized spacial score (nSPS) is 24.4. The number of hydrogen-bond acceptors (Lipinski definition) is 4. The van der Waals surface area contributed by atoms with Gasteiger partial charge in [0.1, 0.15) is 5.75 Å². The van der Waals surface area contributed by atoms with E-state index in [1.807, 2.05) is 18.3 Å². The predicted octanol–water partition coefficient (Wildman–Crippen LogP) is 3.48. The van der Waals surface area contributed by atoms with Crippen LogP contribution in [0.3, 0.4) is 0 Å². The fourth-order valence-corrected chi connectivity index (χ4v) is 6.65. The highest BCUT2D eigenvalue weighted by atomic mass is 79.9. The molecule has 1 amide bonds. The molecule has 1 atom stereocenters. The summed E-state index contributed by atoms with van der Waals surface area (Å²) < 4.78 is 29.4. The zero-order valence-electron chi connectivity index (χ0n) is 16.1. The molecule has 2 aliphatic carbocycles. The molecule has 1 aromatic carbocycles. The minimum Gasteiger partial charge on any atom is -0.496 e. The van der Waals surface area contributed by atoms with Crippen molar-refractivity contribution in [2.24, 2.45) is 16.5 Å². The summed E-state index contributed by atoms with van der Waals surface area (Å²) in [4.78, 5) is 16.4. The Morgan fingerprint density at radius 3 is 2.62 bits per heavy atom. The molecular formula is C20H24BrN3O4S. The van der Waals surface area contributed by atoms with Crippen molar-refractivity contribution in [3.8, 4) is 5.75 Å². The average Bonchev–Trinajstić information content (AvgIpc) is 3.42. The van der Waals surface area contributed by atoms with E-state index in [2.05, 4.69) is 26.2 Å².